The molecule has 0 saturated heterocycles. The molecule has 2 N–H and O–H groups in total. The maximum atomic E-state index is 13.3. The van der Waals surface area contributed by atoms with Crippen molar-refractivity contribution in [3.63, 3.8) is 0 Å². The molecule has 1 nitrogen and oxygen atoms in total. The summed E-state index contributed by atoms with van der Waals surface area (Å²) in [5.41, 5.74) is 8.01. The molecule has 0 saturated carbocycles. The third kappa shape index (κ3) is 1.57. The van der Waals surface area contributed by atoms with Gasteiger partial charge < -0.3 is 5.73 Å². The van der Waals surface area contributed by atoms with Crippen LogP contribution in [0.5, 0.6) is 0 Å². The molecule has 0 unspecified atom stereocenters. The van der Waals surface area contributed by atoms with Crippen LogP contribution in [0, 0.1) is 5.82 Å². The van der Waals surface area contributed by atoms with Crippen LogP contribution >= 0.6 is 0 Å². The average Bonchev–Trinajstić information content (AvgIpc) is 2.61. The van der Waals surface area contributed by atoms with Gasteiger partial charge in [0.1, 0.15) is 5.82 Å². The Morgan fingerprint density at radius 1 is 1.31 bits per heavy atom. The Kier molecular flexibility index (Phi) is 2.05. The number of anilines is 1. The molecule has 0 radical (unpaired) electrons. The SMILES string of the molecule is Nc1ccc(F)c(C2=CCCC2)c1. The fourth-order valence-electron chi connectivity index (χ4n) is 1.70. The van der Waals surface area contributed by atoms with E-state index in [2.05, 4.69) is 6.08 Å². The highest BCUT2D eigenvalue weighted by Gasteiger charge is 2.11. The normalized spacial score (nSPS) is 15.9. The minimum Gasteiger partial charge on any atom is -0.399 e. The lowest BCUT2D eigenvalue weighted by molar-refractivity contribution is 0.623. The Balaban J connectivity index is 2.43. The average molecular weight is 177 g/mol. The van der Waals surface area contributed by atoms with E-state index in [1.54, 1.807) is 12.1 Å². The van der Waals surface area contributed by atoms with Crippen molar-refractivity contribution in [1.29, 1.82) is 0 Å². The number of benzene rings is 1. The topological polar surface area (TPSA) is 26.0 Å². The minimum absolute atomic E-state index is 0.164. The Morgan fingerprint density at radius 3 is 2.85 bits per heavy atom. The predicted molar refractivity (Wildman–Crippen MR) is 52.6 cm³/mol. The van der Waals surface area contributed by atoms with Crippen LogP contribution in [-0.2, 0) is 0 Å². The molecule has 1 aliphatic rings. The van der Waals surface area contributed by atoms with Gasteiger partial charge >= 0.3 is 0 Å². The Hall–Kier alpha value is -1.31. The monoisotopic (exact) mass is 177 g/mol. The Bertz CT molecular complexity index is 355. The smallest absolute Gasteiger partial charge is 0.130 e. The van der Waals surface area contributed by atoms with E-state index < -0.39 is 0 Å². The van der Waals surface area contributed by atoms with Crippen LogP contribution in [0.25, 0.3) is 5.57 Å². The maximum absolute atomic E-state index is 13.3. The highest BCUT2D eigenvalue weighted by Crippen LogP contribution is 2.30. The quantitative estimate of drug-likeness (QED) is 0.656. The van der Waals surface area contributed by atoms with Crippen molar-refractivity contribution >= 4 is 11.3 Å². The zero-order chi connectivity index (χ0) is 9.26. The highest BCUT2D eigenvalue weighted by atomic mass is 19.1. The number of nitrogen functional groups attached to an aromatic ring is 1. The summed E-state index contributed by atoms with van der Waals surface area (Å²) in [6, 6.07) is 4.74. The fourth-order valence-corrected chi connectivity index (χ4v) is 1.70. The van der Waals surface area contributed by atoms with E-state index in [0.717, 1.165) is 24.8 Å². The van der Waals surface area contributed by atoms with Gasteiger partial charge in [0.15, 0.2) is 0 Å². The molecule has 0 aliphatic heterocycles. The third-order valence-electron chi connectivity index (χ3n) is 2.38. The molecule has 1 aromatic carbocycles. The molecular formula is C11H12FN. The Morgan fingerprint density at radius 2 is 2.15 bits per heavy atom. The number of nitrogens with two attached hydrogens (primary N) is 1. The van der Waals surface area contributed by atoms with E-state index in [1.165, 1.54) is 6.07 Å². The van der Waals surface area contributed by atoms with Crippen LogP contribution in [0.2, 0.25) is 0 Å². The lowest BCUT2D eigenvalue weighted by Crippen LogP contribution is -1.91. The van der Waals surface area contributed by atoms with Gasteiger partial charge in [-0.25, -0.2) is 4.39 Å². The Labute approximate surface area is 77.1 Å². The number of rotatable bonds is 1. The van der Waals surface area contributed by atoms with Crippen molar-refractivity contribution in [2.75, 3.05) is 5.73 Å². The number of hydrogen-bond acceptors (Lipinski definition) is 1. The minimum atomic E-state index is -0.164. The summed E-state index contributed by atoms with van der Waals surface area (Å²) in [5.74, 6) is -0.164. The van der Waals surface area contributed by atoms with E-state index in [4.69, 9.17) is 5.73 Å². The van der Waals surface area contributed by atoms with Gasteiger partial charge in [0.2, 0.25) is 0 Å². The predicted octanol–water partition coefficient (Wildman–Crippen LogP) is 2.98. The molecule has 0 heterocycles. The van der Waals surface area contributed by atoms with Crippen molar-refractivity contribution < 1.29 is 4.39 Å². The molecule has 0 spiro atoms. The summed E-state index contributed by atoms with van der Waals surface area (Å²) in [6.45, 7) is 0. The van der Waals surface area contributed by atoms with E-state index in [1.807, 2.05) is 0 Å². The second kappa shape index (κ2) is 3.21. The van der Waals surface area contributed by atoms with Crippen LogP contribution < -0.4 is 5.73 Å². The van der Waals surface area contributed by atoms with E-state index in [-0.39, 0.29) is 5.82 Å². The molecule has 0 amide bonds. The molecule has 0 fully saturated rings. The second-order valence-electron chi connectivity index (χ2n) is 3.36. The summed E-state index contributed by atoms with van der Waals surface area (Å²) in [6.07, 6.45) is 5.26. The van der Waals surface area contributed by atoms with E-state index >= 15 is 0 Å². The second-order valence-corrected chi connectivity index (χ2v) is 3.36. The van der Waals surface area contributed by atoms with Gasteiger partial charge in [0, 0.05) is 11.3 Å². The zero-order valence-corrected chi connectivity index (χ0v) is 7.39. The summed E-state index contributed by atoms with van der Waals surface area (Å²) in [7, 11) is 0. The van der Waals surface area contributed by atoms with Crippen LogP contribution in [0.15, 0.2) is 24.3 Å². The van der Waals surface area contributed by atoms with Crippen molar-refractivity contribution in [3.8, 4) is 0 Å². The fraction of sp³-hybridized carbons (Fsp3) is 0.273. The van der Waals surface area contributed by atoms with Gasteiger partial charge in [-0.15, -0.1) is 0 Å². The molecule has 68 valence electrons. The largest absolute Gasteiger partial charge is 0.399 e. The van der Waals surface area contributed by atoms with E-state index in [9.17, 15) is 4.39 Å². The lowest BCUT2D eigenvalue weighted by Gasteiger charge is -2.04. The first-order valence-electron chi connectivity index (χ1n) is 4.52. The van der Waals surface area contributed by atoms with Gasteiger partial charge in [-0.3, -0.25) is 0 Å². The number of allylic oxidation sites excluding steroid dienone is 2. The van der Waals surface area contributed by atoms with Gasteiger partial charge in [0.05, 0.1) is 0 Å². The summed E-state index contributed by atoms with van der Waals surface area (Å²) < 4.78 is 13.3. The maximum Gasteiger partial charge on any atom is 0.130 e. The summed E-state index contributed by atoms with van der Waals surface area (Å²) in [5, 5.41) is 0. The van der Waals surface area contributed by atoms with Crippen LogP contribution in [0.1, 0.15) is 24.8 Å². The van der Waals surface area contributed by atoms with Crippen LogP contribution in [0.3, 0.4) is 0 Å². The van der Waals surface area contributed by atoms with Crippen molar-refractivity contribution in [1.82, 2.24) is 0 Å². The zero-order valence-electron chi connectivity index (χ0n) is 7.39. The molecule has 1 aromatic rings. The highest BCUT2D eigenvalue weighted by molar-refractivity contribution is 5.70. The molecule has 0 aromatic heterocycles. The molecular weight excluding hydrogens is 165 g/mol. The van der Waals surface area contributed by atoms with E-state index in [0.29, 0.717) is 11.3 Å². The van der Waals surface area contributed by atoms with Crippen LogP contribution in [0.4, 0.5) is 10.1 Å². The van der Waals surface area contributed by atoms with Crippen molar-refractivity contribution in [2.45, 2.75) is 19.3 Å². The number of hydrogen-bond donors (Lipinski definition) is 1. The van der Waals surface area contributed by atoms with Crippen LogP contribution in [-0.4, -0.2) is 0 Å². The van der Waals surface area contributed by atoms with Gasteiger partial charge in [-0.1, -0.05) is 6.08 Å². The molecule has 0 bridgehead atoms. The first-order chi connectivity index (χ1) is 6.27. The van der Waals surface area contributed by atoms with Crippen molar-refractivity contribution in [3.05, 3.63) is 35.7 Å². The summed E-state index contributed by atoms with van der Waals surface area (Å²) in [4.78, 5) is 0. The standard InChI is InChI=1S/C11H12FN/c12-11-6-5-9(13)7-10(11)8-3-1-2-4-8/h3,5-7H,1-2,4,13H2. The summed E-state index contributed by atoms with van der Waals surface area (Å²) >= 11 is 0. The molecule has 0 atom stereocenters. The third-order valence-corrected chi connectivity index (χ3v) is 2.38. The molecule has 2 heteroatoms. The molecule has 2 rings (SSSR count). The molecule has 13 heavy (non-hydrogen) atoms. The van der Waals surface area contributed by atoms with Gasteiger partial charge in [-0.05, 0) is 43.0 Å². The van der Waals surface area contributed by atoms with Gasteiger partial charge in [-0.2, -0.15) is 0 Å². The lowest BCUT2D eigenvalue weighted by atomic mass is 10.0. The van der Waals surface area contributed by atoms with Crippen molar-refractivity contribution in [2.24, 2.45) is 0 Å². The molecule has 1 aliphatic carbocycles. The first-order valence-corrected chi connectivity index (χ1v) is 4.52. The van der Waals surface area contributed by atoms with Gasteiger partial charge in [0.25, 0.3) is 0 Å². The number of halogens is 1. The first kappa shape index (κ1) is 8.30.